The van der Waals surface area contributed by atoms with E-state index in [1.54, 1.807) is 6.07 Å². The van der Waals surface area contributed by atoms with Crippen LogP contribution in [0.25, 0.3) is 10.9 Å². The second-order valence-corrected chi connectivity index (χ2v) is 7.94. The molecular weight excluding hydrogens is 314 g/mol. The van der Waals surface area contributed by atoms with Gasteiger partial charge in [0.2, 0.25) is 0 Å². The largest absolute Gasteiger partial charge is 0.389 e. The molecule has 25 heavy (non-hydrogen) atoms. The summed E-state index contributed by atoms with van der Waals surface area (Å²) in [5.74, 6) is 1.36. The number of nitrogens with zero attached hydrogens (tertiary/aromatic N) is 2. The van der Waals surface area contributed by atoms with Crippen LogP contribution in [0.1, 0.15) is 52.3 Å². The molecule has 1 aromatic carbocycles. The molecule has 136 valence electrons. The topological polar surface area (TPSA) is 69.2 Å². The molecule has 2 N–H and O–H groups in total. The Morgan fingerprint density at radius 2 is 2.00 bits per heavy atom. The van der Waals surface area contributed by atoms with Crippen LogP contribution in [0.3, 0.4) is 0 Å². The summed E-state index contributed by atoms with van der Waals surface area (Å²) in [4.78, 5) is 22.0. The Morgan fingerprint density at radius 3 is 2.68 bits per heavy atom. The molecule has 1 fully saturated rings. The van der Waals surface area contributed by atoms with Crippen LogP contribution in [0.4, 0.5) is 0 Å². The summed E-state index contributed by atoms with van der Waals surface area (Å²) in [5.41, 5.74) is -0.0156. The predicted octanol–water partition coefficient (Wildman–Crippen LogP) is 3.07. The van der Waals surface area contributed by atoms with Crippen LogP contribution in [0.5, 0.6) is 0 Å². The first kappa shape index (κ1) is 18.1. The number of para-hydroxylation sites is 1. The normalized spacial score (nSPS) is 24.3. The Hall–Kier alpha value is -1.72. The summed E-state index contributed by atoms with van der Waals surface area (Å²) in [7, 11) is 0. The van der Waals surface area contributed by atoms with Crippen LogP contribution in [0.15, 0.2) is 29.1 Å². The van der Waals surface area contributed by atoms with Crippen molar-refractivity contribution in [1.29, 1.82) is 0 Å². The number of aromatic amines is 1. The van der Waals surface area contributed by atoms with Crippen LogP contribution >= 0.6 is 0 Å². The lowest BCUT2D eigenvalue weighted by Crippen LogP contribution is -2.47. The Balaban J connectivity index is 1.79. The van der Waals surface area contributed by atoms with Gasteiger partial charge in [-0.05, 0) is 57.6 Å². The number of nitrogens with one attached hydrogen (secondary N) is 1. The van der Waals surface area contributed by atoms with Gasteiger partial charge in [0.1, 0.15) is 5.82 Å². The van der Waals surface area contributed by atoms with Gasteiger partial charge in [-0.3, -0.25) is 9.69 Å². The third kappa shape index (κ3) is 4.28. The smallest absolute Gasteiger partial charge is 0.258 e. The molecule has 0 radical (unpaired) electrons. The van der Waals surface area contributed by atoms with Gasteiger partial charge in [0, 0.05) is 12.6 Å². The zero-order valence-electron chi connectivity index (χ0n) is 15.5. The number of aliphatic hydroxyl groups is 1. The number of aromatic nitrogens is 2. The van der Waals surface area contributed by atoms with Gasteiger partial charge in [0.05, 0.1) is 23.0 Å². The molecule has 1 aromatic heterocycles. The quantitative estimate of drug-likeness (QED) is 0.875. The molecule has 5 heteroatoms. The van der Waals surface area contributed by atoms with Crippen molar-refractivity contribution in [2.24, 2.45) is 5.92 Å². The molecule has 0 spiro atoms. The molecule has 0 bridgehead atoms. The van der Waals surface area contributed by atoms with Gasteiger partial charge in [-0.1, -0.05) is 19.1 Å². The van der Waals surface area contributed by atoms with E-state index < -0.39 is 5.60 Å². The minimum absolute atomic E-state index is 0.102. The molecular formula is C20H29N3O2. The van der Waals surface area contributed by atoms with Gasteiger partial charge < -0.3 is 10.1 Å². The second kappa shape index (κ2) is 7.26. The fourth-order valence-electron chi connectivity index (χ4n) is 3.66. The van der Waals surface area contributed by atoms with Crippen LogP contribution in [0.2, 0.25) is 0 Å². The van der Waals surface area contributed by atoms with E-state index >= 15 is 0 Å². The number of rotatable bonds is 5. The summed E-state index contributed by atoms with van der Waals surface area (Å²) >= 11 is 0. The average molecular weight is 343 g/mol. The highest BCUT2D eigenvalue weighted by Gasteiger charge is 2.34. The lowest BCUT2D eigenvalue weighted by atomic mass is 9.79. The summed E-state index contributed by atoms with van der Waals surface area (Å²) in [6.07, 6.45) is 3.85. The first-order valence-corrected chi connectivity index (χ1v) is 9.31. The predicted molar refractivity (Wildman–Crippen MR) is 100 cm³/mol. The molecule has 0 atom stereocenters. The van der Waals surface area contributed by atoms with E-state index in [1.165, 1.54) is 0 Å². The molecule has 1 saturated carbocycles. The Bertz CT molecular complexity index is 776. The number of hydrogen-bond acceptors (Lipinski definition) is 4. The summed E-state index contributed by atoms with van der Waals surface area (Å²) in [6.45, 7) is 7.65. The van der Waals surface area contributed by atoms with Gasteiger partial charge in [0.15, 0.2) is 0 Å². The molecule has 0 saturated heterocycles. The number of fused-ring (bicyclic) bond motifs is 1. The monoisotopic (exact) mass is 343 g/mol. The van der Waals surface area contributed by atoms with E-state index in [0.29, 0.717) is 30.2 Å². The van der Waals surface area contributed by atoms with Crippen LogP contribution in [-0.4, -0.2) is 38.2 Å². The molecule has 0 amide bonds. The van der Waals surface area contributed by atoms with Crippen molar-refractivity contribution in [1.82, 2.24) is 14.9 Å². The van der Waals surface area contributed by atoms with Gasteiger partial charge in [-0.15, -0.1) is 0 Å². The van der Waals surface area contributed by atoms with Crippen molar-refractivity contribution < 1.29 is 5.11 Å². The molecule has 1 aliphatic carbocycles. The molecule has 1 heterocycles. The summed E-state index contributed by atoms with van der Waals surface area (Å²) in [6, 6.07) is 7.66. The standard InChI is InChI=1S/C20H29N3O2/c1-14(2)23(13-20(25)10-8-15(3)9-11-20)12-18-21-17-7-5-4-6-16(17)19(24)22-18/h4-7,14-15,25H,8-13H2,1-3H3,(H,21,22,24). The third-order valence-electron chi connectivity index (χ3n) is 5.45. The van der Waals surface area contributed by atoms with Crippen LogP contribution in [-0.2, 0) is 6.54 Å². The van der Waals surface area contributed by atoms with Crippen molar-refractivity contribution >= 4 is 10.9 Å². The fraction of sp³-hybridized carbons (Fsp3) is 0.600. The lowest BCUT2D eigenvalue weighted by molar-refractivity contribution is -0.0437. The summed E-state index contributed by atoms with van der Waals surface area (Å²) < 4.78 is 0. The number of benzene rings is 1. The first-order valence-electron chi connectivity index (χ1n) is 9.31. The maximum Gasteiger partial charge on any atom is 0.258 e. The van der Waals surface area contributed by atoms with Crippen molar-refractivity contribution in [2.75, 3.05) is 6.54 Å². The molecule has 3 rings (SSSR count). The Labute approximate surface area is 149 Å². The maximum atomic E-state index is 12.3. The zero-order chi connectivity index (χ0) is 18.0. The Kier molecular flexibility index (Phi) is 5.25. The average Bonchev–Trinajstić information content (AvgIpc) is 2.57. The van der Waals surface area contributed by atoms with Crippen molar-refractivity contribution in [2.45, 2.75) is 64.6 Å². The zero-order valence-corrected chi connectivity index (χ0v) is 15.5. The van der Waals surface area contributed by atoms with Gasteiger partial charge in [-0.2, -0.15) is 0 Å². The summed E-state index contributed by atoms with van der Waals surface area (Å²) in [5, 5.41) is 11.6. The highest BCUT2D eigenvalue weighted by Crippen LogP contribution is 2.33. The van der Waals surface area contributed by atoms with E-state index in [2.05, 4.69) is 35.6 Å². The third-order valence-corrected chi connectivity index (χ3v) is 5.45. The first-order chi connectivity index (χ1) is 11.9. The molecule has 5 nitrogen and oxygen atoms in total. The van der Waals surface area contributed by atoms with Crippen molar-refractivity contribution in [3.8, 4) is 0 Å². The second-order valence-electron chi connectivity index (χ2n) is 7.94. The fourth-order valence-corrected chi connectivity index (χ4v) is 3.66. The highest BCUT2D eigenvalue weighted by atomic mass is 16.3. The van der Waals surface area contributed by atoms with E-state index in [0.717, 1.165) is 31.2 Å². The van der Waals surface area contributed by atoms with Crippen molar-refractivity contribution in [3.63, 3.8) is 0 Å². The minimum atomic E-state index is -0.631. The van der Waals surface area contributed by atoms with Gasteiger partial charge in [-0.25, -0.2) is 4.98 Å². The lowest BCUT2D eigenvalue weighted by Gasteiger charge is -2.40. The van der Waals surface area contributed by atoms with E-state index in [4.69, 9.17) is 0 Å². The van der Waals surface area contributed by atoms with E-state index in [9.17, 15) is 9.90 Å². The highest BCUT2D eigenvalue weighted by molar-refractivity contribution is 5.77. The molecule has 0 aliphatic heterocycles. The molecule has 1 aliphatic rings. The van der Waals surface area contributed by atoms with Crippen LogP contribution < -0.4 is 5.56 Å². The van der Waals surface area contributed by atoms with Gasteiger partial charge >= 0.3 is 0 Å². The van der Waals surface area contributed by atoms with Gasteiger partial charge in [0.25, 0.3) is 5.56 Å². The molecule has 0 unspecified atom stereocenters. The van der Waals surface area contributed by atoms with Crippen LogP contribution in [0, 0.1) is 5.92 Å². The van der Waals surface area contributed by atoms with E-state index in [-0.39, 0.29) is 11.6 Å². The van der Waals surface area contributed by atoms with E-state index in [1.807, 2.05) is 18.2 Å². The van der Waals surface area contributed by atoms with Crippen molar-refractivity contribution in [3.05, 3.63) is 40.4 Å². The maximum absolute atomic E-state index is 12.3. The number of hydrogen-bond donors (Lipinski definition) is 2. The minimum Gasteiger partial charge on any atom is -0.389 e. The Morgan fingerprint density at radius 1 is 1.32 bits per heavy atom. The number of H-pyrrole nitrogens is 1. The molecule has 2 aromatic rings. The SMILES string of the molecule is CC1CCC(O)(CN(Cc2nc3ccccc3c(=O)[nH]2)C(C)C)CC1.